The highest BCUT2D eigenvalue weighted by molar-refractivity contribution is 9.10. The van der Waals surface area contributed by atoms with E-state index in [4.69, 9.17) is 0 Å². The average Bonchev–Trinajstić information content (AvgIpc) is 3.48. The van der Waals surface area contributed by atoms with Gasteiger partial charge in [-0.15, -0.1) is 0 Å². The molecule has 2 heterocycles. The number of imide groups is 2. The molecule has 6 unspecified atom stereocenters. The highest BCUT2D eigenvalue weighted by Gasteiger charge is 2.70. The van der Waals surface area contributed by atoms with Crippen LogP contribution in [-0.4, -0.2) is 33.7 Å². The highest BCUT2D eigenvalue weighted by atomic mass is 79.9. The number of carbonyl (C=O) groups excluding carboxylic acids is 4. The number of nitrogens with zero attached hydrogens (tertiary/aromatic N) is 2. The lowest BCUT2D eigenvalue weighted by molar-refractivity contribution is -0.138. The van der Waals surface area contributed by atoms with Crippen LogP contribution >= 0.6 is 15.9 Å². The number of rotatable bonds is 5. The lowest BCUT2D eigenvalue weighted by atomic mass is 9.49. The lowest BCUT2D eigenvalue weighted by Crippen LogP contribution is -2.53. The molecule has 240 valence electrons. The van der Waals surface area contributed by atoms with E-state index in [-0.39, 0.29) is 24.0 Å². The molecule has 4 amide bonds. The van der Waals surface area contributed by atoms with E-state index in [0.29, 0.717) is 28.9 Å². The lowest BCUT2D eigenvalue weighted by Gasteiger charge is -2.50. The van der Waals surface area contributed by atoms with Crippen molar-refractivity contribution < 1.29 is 24.3 Å². The SMILES string of the molecule is Cc1ccc(NN2C(=O)C3CC4C(=CCC5C(=O)N(c6ccc(Br)cc6)C(=O)C54)C(c4ccccc4O)C3(c3ccccc3)C2=O)cc1. The van der Waals surface area contributed by atoms with E-state index >= 15 is 4.79 Å². The fourth-order valence-electron chi connectivity index (χ4n) is 8.67. The van der Waals surface area contributed by atoms with E-state index in [0.717, 1.165) is 20.6 Å². The summed E-state index contributed by atoms with van der Waals surface area (Å²) < 4.78 is 0.829. The number of hydrogen-bond acceptors (Lipinski definition) is 6. The fourth-order valence-corrected chi connectivity index (χ4v) is 8.93. The molecule has 3 fully saturated rings. The van der Waals surface area contributed by atoms with Crippen molar-refractivity contribution in [2.24, 2.45) is 23.7 Å². The molecule has 0 spiro atoms. The number of amides is 4. The minimum absolute atomic E-state index is 0.00395. The maximum absolute atomic E-state index is 15.1. The smallest absolute Gasteiger partial charge is 0.260 e. The summed E-state index contributed by atoms with van der Waals surface area (Å²) in [6.45, 7) is 1.96. The Morgan fingerprint density at radius 2 is 1.48 bits per heavy atom. The molecular weight excluding hydrogens is 670 g/mol. The molecule has 0 radical (unpaired) electrons. The molecule has 0 aromatic heterocycles. The van der Waals surface area contributed by atoms with Crippen LogP contribution in [0, 0.1) is 30.6 Å². The van der Waals surface area contributed by atoms with Crippen molar-refractivity contribution in [3.63, 3.8) is 0 Å². The summed E-state index contributed by atoms with van der Waals surface area (Å²) in [7, 11) is 0. The number of allylic oxidation sites excluding steroid dienone is 2. The van der Waals surface area contributed by atoms with Crippen molar-refractivity contribution >= 4 is 50.9 Å². The Kier molecular flexibility index (Phi) is 7.14. The van der Waals surface area contributed by atoms with Gasteiger partial charge in [0.25, 0.3) is 11.8 Å². The number of hydrazine groups is 1. The van der Waals surface area contributed by atoms with E-state index in [1.165, 1.54) is 4.90 Å². The predicted molar refractivity (Wildman–Crippen MR) is 184 cm³/mol. The van der Waals surface area contributed by atoms with Crippen LogP contribution in [0.2, 0.25) is 0 Å². The Morgan fingerprint density at radius 1 is 0.792 bits per heavy atom. The second-order valence-corrected chi connectivity index (χ2v) is 14.1. The van der Waals surface area contributed by atoms with Gasteiger partial charge in [-0.3, -0.25) is 29.5 Å². The first-order chi connectivity index (χ1) is 23.2. The molecule has 48 heavy (non-hydrogen) atoms. The highest BCUT2D eigenvalue weighted by Crippen LogP contribution is 2.65. The van der Waals surface area contributed by atoms with Crippen molar-refractivity contribution in [2.45, 2.75) is 31.1 Å². The number of para-hydroxylation sites is 1. The number of benzene rings is 4. The molecule has 8 nitrogen and oxygen atoms in total. The van der Waals surface area contributed by atoms with Crippen molar-refractivity contribution in [1.82, 2.24) is 5.01 Å². The number of halogens is 1. The van der Waals surface area contributed by atoms with Gasteiger partial charge in [0.05, 0.1) is 34.5 Å². The Balaban J connectivity index is 1.31. The van der Waals surface area contributed by atoms with Crippen LogP contribution in [0.5, 0.6) is 5.75 Å². The number of fused-ring (bicyclic) bond motifs is 4. The molecule has 0 bridgehead atoms. The van der Waals surface area contributed by atoms with Gasteiger partial charge in [0.1, 0.15) is 5.75 Å². The standard InChI is InChI=1S/C39H32BrN3O5/c1-22-11-15-25(16-12-22)41-43-36(46)31-21-30-27(19-20-29-33(30)37(47)42(35(29)45)26-17-13-24(40)14-18-26)34(28-9-5-6-10-32(28)44)39(31,38(43)48)23-7-3-2-4-8-23/h2-19,29-31,33-34,41,44H,20-21H2,1H3. The van der Waals surface area contributed by atoms with E-state index in [1.54, 1.807) is 42.5 Å². The van der Waals surface area contributed by atoms with Gasteiger partial charge in [-0.05, 0) is 73.7 Å². The molecule has 8 rings (SSSR count). The largest absolute Gasteiger partial charge is 0.508 e. The second kappa shape index (κ2) is 11.3. The first-order valence-electron chi connectivity index (χ1n) is 16.1. The van der Waals surface area contributed by atoms with Crippen LogP contribution in [0.4, 0.5) is 11.4 Å². The van der Waals surface area contributed by atoms with Crippen molar-refractivity contribution in [3.05, 3.63) is 136 Å². The first kappa shape index (κ1) is 30.3. The van der Waals surface area contributed by atoms with E-state index in [9.17, 15) is 19.5 Å². The first-order valence-corrected chi connectivity index (χ1v) is 16.9. The Bertz CT molecular complexity index is 2010. The third kappa shape index (κ3) is 4.33. The third-order valence-electron chi connectivity index (χ3n) is 10.7. The zero-order valence-corrected chi connectivity index (χ0v) is 27.6. The zero-order valence-electron chi connectivity index (χ0n) is 26.0. The molecule has 2 N–H and O–H groups in total. The molecule has 2 saturated heterocycles. The van der Waals surface area contributed by atoms with Gasteiger partial charge in [0.2, 0.25) is 11.8 Å². The van der Waals surface area contributed by atoms with Crippen LogP contribution in [0.3, 0.4) is 0 Å². The molecule has 2 aliphatic heterocycles. The fraction of sp³-hybridized carbons (Fsp3) is 0.231. The van der Waals surface area contributed by atoms with Crippen molar-refractivity contribution in [1.29, 1.82) is 0 Å². The van der Waals surface area contributed by atoms with E-state index in [2.05, 4.69) is 21.4 Å². The van der Waals surface area contributed by atoms with Gasteiger partial charge in [0.15, 0.2) is 0 Å². The normalized spacial score (nSPS) is 27.8. The van der Waals surface area contributed by atoms with Crippen LogP contribution in [0.25, 0.3) is 0 Å². The molecule has 1 saturated carbocycles. The zero-order chi connectivity index (χ0) is 33.3. The third-order valence-corrected chi connectivity index (χ3v) is 11.3. The van der Waals surface area contributed by atoms with Gasteiger partial charge in [-0.1, -0.05) is 93.8 Å². The van der Waals surface area contributed by atoms with Gasteiger partial charge in [-0.2, -0.15) is 5.01 Å². The number of aromatic hydroxyl groups is 1. The summed E-state index contributed by atoms with van der Waals surface area (Å²) in [6.07, 6.45) is 2.49. The Labute approximate surface area is 286 Å². The summed E-state index contributed by atoms with van der Waals surface area (Å²) in [6, 6.07) is 30.7. The van der Waals surface area contributed by atoms with Gasteiger partial charge in [-0.25, -0.2) is 0 Å². The molecule has 4 aliphatic rings. The van der Waals surface area contributed by atoms with Crippen molar-refractivity contribution in [3.8, 4) is 5.75 Å². The number of carbonyl (C=O) groups is 4. The number of nitrogens with one attached hydrogen (secondary N) is 1. The maximum atomic E-state index is 15.1. The molecule has 6 atom stereocenters. The summed E-state index contributed by atoms with van der Waals surface area (Å²) in [5.74, 6) is -4.91. The molecule has 9 heteroatoms. The summed E-state index contributed by atoms with van der Waals surface area (Å²) in [5, 5.41) is 12.5. The molecule has 2 aliphatic carbocycles. The maximum Gasteiger partial charge on any atom is 0.260 e. The topological polar surface area (TPSA) is 107 Å². The summed E-state index contributed by atoms with van der Waals surface area (Å²) in [4.78, 5) is 59.4. The van der Waals surface area contributed by atoms with Gasteiger partial charge >= 0.3 is 0 Å². The quantitative estimate of drug-likeness (QED) is 0.178. The average molecular weight is 703 g/mol. The summed E-state index contributed by atoms with van der Waals surface area (Å²) in [5.41, 5.74) is 5.74. The van der Waals surface area contributed by atoms with Crippen LogP contribution in [0.1, 0.15) is 35.4 Å². The van der Waals surface area contributed by atoms with E-state index in [1.807, 2.05) is 73.7 Å². The minimum Gasteiger partial charge on any atom is -0.508 e. The van der Waals surface area contributed by atoms with Crippen LogP contribution in [-0.2, 0) is 24.6 Å². The van der Waals surface area contributed by atoms with Gasteiger partial charge < -0.3 is 5.11 Å². The van der Waals surface area contributed by atoms with Crippen LogP contribution in [0.15, 0.2) is 119 Å². The van der Waals surface area contributed by atoms with Crippen molar-refractivity contribution in [2.75, 3.05) is 10.3 Å². The number of phenolic OH excluding ortho intramolecular Hbond substituents is 1. The molecule has 4 aromatic carbocycles. The van der Waals surface area contributed by atoms with E-state index < -0.39 is 46.8 Å². The Morgan fingerprint density at radius 3 is 2.19 bits per heavy atom. The summed E-state index contributed by atoms with van der Waals surface area (Å²) >= 11 is 3.43. The predicted octanol–water partition coefficient (Wildman–Crippen LogP) is 6.65. The van der Waals surface area contributed by atoms with Crippen LogP contribution < -0.4 is 10.3 Å². The monoisotopic (exact) mass is 701 g/mol. The second-order valence-electron chi connectivity index (χ2n) is 13.1. The molecule has 4 aromatic rings. The number of hydrogen-bond donors (Lipinski definition) is 2. The molecular formula is C39H32BrN3O5. The number of aryl methyl sites for hydroxylation is 1. The number of phenols is 1. The minimum atomic E-state index is -1.43. The number of anilines is 2. The Hall–Kier alpha value is -5.02. The van der Waals surface area contributed by atoms with Gasteiger partial charge in [0, 0.05) is 16.0 Å².